The van der Waals surface area contributed by atoms with Gasteiger partial charge in [-0.2, -0.15) is 0 Å². The second kappa shape index (κ2) is 6.94. The van der Waals surface area contributed by atoms with Crippen LogP contribution in [0.1, 0.15) is 12.0 Å². The average Bonchev–Trinajstić information content (AvgIpc) is 2.94. The SMILES string of the molecule is CN(c1cc(NCc2ccccc2Cl)ncn1)C1CCS(=O)(=O)C1. The van der Waals surface area contributed by atoms with Crippen molar-refractivity contribution in [3.8, 4) is 0 Å². The van der Waals surface area contributed by atoms with Gasteiger partial charge in [0.15, 0.2) is 9.84 Å². The summed E-state index contributed by atoms with van der Waals surface area (Å²) < 4.78 is 23.3. The highest BCUT2D eigenvalue weighted by Gasteiger charge is 2.31. The Balaban J connectivity index is 1.69. The molecule has 0 radical (unpaired) electrons. The van der Waals surface area contributed by atoms with E-state index in [1.807, 2.05) is 42.3 Å². The lowest BCUT2D eigenvalue weighted by molar-refractivity contribution is 0.600. The van der Waals surface area contributed by atoms with Crippen molar-refractivity contribution in [2.45, 2.75) is 19.0 Å². The molecule has 6 nitrogen and oxygen atoms in total. The number of halogens is 1. The molecule has 1 unspecified atom stereocenters. The summed E-state index contributed by atoms with van der Waals surface area (Å²) in [7, 11) is -1.06. The number of benzene rings is 1. The van der Waals surface area contributed by atoms with Crippen molar-refractivity contribution in [2.75, 3.05) is 28.8 Å². The van der Waals surface area contributed by atoms with Gasteiger partial charge in [-0.15, -0.1) is 0 Å². The standard InChI is InChI=1S/C16H19ClN4O2S/c1-21(13-6-7-24(22,23)10-13)16-8-15(19-11-20-16)18-9-12-4-2-3-5-14(12)17/h2-5,8,11,13H,6-7,9-10H2,1H3,(H,18,19,20). The molecule has 24 heavy (non-hydrogen) atoms. The number of aromatic nitrogens is 2. The van der Waals surface area contributed by atoms with E-state index < -0.39 is 9.84 Å². The van der Waals surface area contributed by atoms with Gasteiger partial charge in [0.25, 0.3) is 0 Å². The lowest BCUT2D eigenvalue weighted by Gasteiger charge is -2.24. The van der Waals surface area contributed by atoms with E-state index in [-0.39, 0.29) is 17.5 Å². The van der Waals surface area contributed by atoms with Gasteiger partial charge in [0.05, 0.1) is 11.5 Å². The van der Waals surface area contributed by atoms with E-state index in [1.54, 1.807) is 0 Å². The molecule has 1 fully saturated rings. The zero-order valence-corrected chi connectivity index (χ0v) is 14.9. The van der Waals surface area contributed by atoms with E-state index in [9.17, 15) is 8.42 Å². The summed E-state index contributed by atoms with van der Waals surface area (Å²) in [6.45, 7) is 0.553. The Labute approximate surface area is 146 Å². The van der Waals surface area contributed by atoms with Gasteiger partial charge in [-0.3, -0.25) is 0 Å². The molecule has 0 spiro atoms. The number of sulfone groups is 1. The Morgan fingerprint density at radius 3 is 2.83 bits per heavy atom. The van der Waals surface area contributed by atoms with E-state index in [0.717, 1.165) is 5.56 Å². The van der Waals surface area contributed by atoms with E-state index in [2.05, 4.69) is 15.3 Å². The summed E-state index contributed by atoms with van der Waals surface area (Å²) >= 11 is 6.15. The van der Waals surface area contributed by atoms with Crippen molar-refractivity contribution >= 4 is 33.1 Å². The van der Waals surface area contributed by atoms with Gasteiger partial charge in [0.1, 0.15) is 18.0 Å². The van der Waals surface area contributed by atoms with Gasteiger partial charge in [0.2, 0.25) is 0 Å². The molecule has 2 aromatic rings. The highest BCUT2D eigenvalue weighted by molar-refractivity contribution is 7.91. The number of nitrogens with zero attached hydrogens (tertiary/aromatic N) is 3. The highest BCUT2D eigenvalue weighted by atomic mass is 35.5. The third-order valence-electron chi connectivity index (χ3n) is 4.19. The largest absolute Gasteiger partial charge is 0.366 e. The first-order valence-electron chi connectivity index (χ1n) is 7.67. The summed E-state index contributed by atoms with van der Waals surface area (Å²) in [5, 5.41) is 3.92. The number of hydrogen-bond acceptors (Lipinski definition) is 6. The molecule has 0 amide bonds. The maximum atomic E-state index is 11.7. The minimum absolute atomic E-state index is 0.0404. The Morgan fingerprint density at radius 1 is 1.33 bits per heavy atom. The average molecular weight is 367 g/mol. The lowest BCUT2D eigenvalue weighted by atomic mass is 10.2. The maximum Gasteiger partial charge on any atom is 0.152 e. The smallest absolute Gasteiger partial charge is 0.152 e. The first kappa shape index (κ1) is 17.0. The number of hydrogen-bond donors (Lipinski definition) is 1. The Hall–Kier alpha value is -1.86. The Bertz CT molecular complexity index is 828. The predicted octanol–water partition coefficient (Wildman–Crippen LogP) is 2.37. The first-order chi connectivity index (χ1) is 11.4. The number of anilines is 2. The molecular formula is C16H19ClN4O2S. The van der Waals surface area contributed by atoms with E-state index >= 15 is 0 Å². The van der Waals surface area contributed by atoms with Gasteiger partial charge in [-0.1, -0.05) is 29.8 Å². The molecule has 1 N–H and O–H groups in total. The second-order valence-electron chi connectivity index (χ2n) is 5.87. The van der Waals surface area contributed by atoms with Crippen LogP contribution in [0.3, 0.4) is 0 Å². The summed E-state index contributed by atoms with van der Waals surface area (Å²) in [5.41, 5.74) is 0.981. The molecule has 1 atom stereocenters. The molecule has 1 saturated heterocycles. The van der Waals surface area contributed by atoms with Crippen LogP contribution in [-0.2, 0) is 16.4 Å². The third kappa shape index (κ3) is 3.96. The minimum atomic E-state index is -2.92. The quantitative estimate of drug-likeness (QED) is 0.875. The molecule has 0 saturated carbocycles. The zero-order valence-electron chi connectivity index (χ0n) is 13.3. The van der Waals surface area contributed by atoms with Crippen LogP contribution in [0.25, 0.3) is 0 Å². The lowest BCUT2D eigenvalue weighted by Crippen LogP contribution is -2.33. The molecule has 8 heteroatoms. The van der Waals surface area contributed by atoms with Crippen LogP contribution in [0, 0.1) is 0 Å². The van der Waals surface area contributed by atoms with Gasteiger partial charge in [0, 0.05) is 30.7 Å². The van der Waals surface area contributed by atoms with Crippen LogP contribution in [0.15, 0.2) is 36.7 Å². The van der Waals surface area contributed by atoms with Crippen LogP contribution in [-0.4, -0.2) is 43.0 Å². The van der Waals surface area contributed by atoms with Crippen molar-refractivity contribution < 1.29 is 8.42 Å². The van der Waals surface area contributed by atoms with Gasteiger partial charge in [-0.05, 0) is 18.1 Å². The molecule has 2 heterocycles. The number of nitrogens with one attached hydrogen (secondary N) is 1. The number of rotatable bonds is 5. The first-order valence-corrected chi connectivity index (χ1v) is 9.87. The van der Waals surface area contributed by atoms with E-state index in [0.29, 0.717) is 29.6 Å². The van der Waals surface area contributed by atoms with Gasteiger partial charge in [-0.25, -0.2) is 18.4 Å². The summed E-state index contributed by atoms with van der Waals surface area (Å²) in [4.78, 5) is 10.4. The maximum absolute atomic E-state index is 11.7. The fourth-order valence-corrected chi connectivity index (χ4v) is 4.71. The summed E-state index contributed by atoms with van der Waals surface area (Å²) in [6, 6.07) is 9.40. The predicted molar refractivity (Wildman–Crippen MR) is 96.3 cm³/mol. The van der Waals surface area contributed by atoms with Crippen molar-refractivity contribution in [1.82, 2.24) is 9.97 Å². The second-order valence-corrected chi connectivity index (χ2v) is 8.51. The van der Waals surface area contributed by atoms with Crippen LogP contribution < -0.4 is 10.2 Å². The fourth-order valence-electron chi connectivity index (χ4n) is 2.73. The fraction of sp³-hybridized carbons (Fsp3) is 0.375. The molecule has 1 aromatic heterocycles. The van der Waals surface area contributed by atoms with Crippen molar-refractivity contribution in [3.05, 3.63) is 47.2 Å². The van der Waals surface area contributed by atoms with E-state index in [1.165, 1.54) is 6.33 Å². The van der Waals surface area contributed by atoms with Crippen LogP contribution in [0.4, 0.5) is 11.6 Å². The minimum Gasteiger partial charge on any atom is -0.366 e. The van der Waals surface area contributed by atoms with Crippen LogP contribution >= 0.6 is 11.6 Å². The Kier molecular flexibility index (Phi) is 4.91. The summed E-state index contributed by atoms with van der Waals surface area (Å²) in [5.74, 6) is 1.79. The molecular weight excluding hydrogens is 348 g/mol. The summed E-state index contributed by atoms with van der Waals surface area (Å²) in [6.07, 6.45) is 2.11. The van der Waals surface area contributed by atoms with Gasteiger partial charge < -0.3 is 10.2 Å². The molecule has 1 aliphatic rings. The molecule has 3 rings (SSSR count). The molecule has 128 valence electrons. The highest BCUT2D eigenvalue weighted by Crippen LogP contribution is 2.23. The van der Waals surface area contributed by atoms with Crippen molar-refractivity contribution in [3.63, 3.8) is 0 Å². The topological polar surface area (TPSA) is 75.2 Å². The van der Waals surface area contributed by atoms with Crippen molar-refractivity contribution in [2.24, 2.45) is 0 Å². The van der Waals surface area contributed by atoms with Gasteiger partial charge >= 0.3 is 0 Å². The molecule has 0 aliphatic carbocycles. The Morgan fingerprint density at radius 2 is 2.12 bits per heavy atom. The van der Waals surface area contributed by atoms with Crippen LogP contribution in [0.2, 0.25) is 5.02 Å². The zero-order chi connectivity index (χ0) is 17.2. The van der Waals surface area contributed by atoms with Crippen molar-refractivity contribution in [1.29, 1.82) is 0 Å². The molecule has 0 bridgehead atoms. The normalized spacial score (nSPS) is 19.2. The van der Waals surface area contributed by atoms with E-state index in [4.69, 9.17) is 11.6 Å². The monoisotopic (exact) mass is 366 g/mol. The third-order valence-corrected chi connectivity index (χ3v) is 6.31. The molecule has 1 aliphatic heterocycles. The molecule has 1 aromatic carbocycles. The van der Waals surface area contributed by atoms with Crippen LogP contribution in [0.5, 0.6) is 0 Å².